The Morgan fingerprint density at radius 1 is 1.07 bits per heavy atom. The summed E-state index contributed by atoms with van der Waals surface area (Å²) in [6.45, 7) is 7.05. The van der Waals surface area contributed by atoms with E-state index in [0.717, 1.165) is 11.1 Å². The number of nitrogens with one attached hydrogen (secondary N) is 2. The molecule has 2 aromatic rings. The molecule has 0 bridgehead atoms. The van der Waals surface area contributed by atoms with Crippen molar-refractivity contribution in [2.75, 3.05) is 12.4 Å². The molecule has 28 heavy (non-hydrogen) atoms. The molecule has 0 unspecified atom stereocenters. The highest BCUT2D eigenvalue weighted by Gasteiger charge is 2.18. The van der Waals surface area contributed by atoms with Crippen molar-refractivity contribution in [3.05, 3.63) is 58.7 Å². The predicted octanol–water partition coefficient (Wildman–Crippen LogP) is 3.03. The Morgan fingerprint density at radius 2 is 1.75 bits per heavy atom. The molecule has 1 amide bonds. The van der Waals surface area contributed by atoms with Gasteiger partial charge in [0.15, 0.2) is 0 Å². The van der Waals surface area contributed by atoms with Crippen LogP contribution in [0.1, 0.15) is 45.7 Å². The Kier molecular flexibility index (Phi) is 6.58. The molecule has 8 heteroatoms. The summed E-state index contributed by atoms with van der Waals surface area (Å²) < 4.78 is 31.9. The molecule has 0 radical (unpaired) electrons. The Labute approximate surface area is 165 Å². The third kappa shape index (κ3) is 4.96. The smallest absolute Gasteiger partial charge is 0.338 e. The monoisotopic (exact) mass is 404 g/mol. The fourth-order valence-corrected chi connectivity index (χ4v) is 3.94. The molecule has 0 heterocycles. The SMILES string of the molecule is COC(=O)c1cc(NC(=O)c2cccc(S(=O)(=O)NC(C)C)c2)cc(C)c1C. The van der Waals surface area contributed by atoms with Crippen LogP contribution in [0.4, 0.5) is 5.69 Å². The van der Waals surface area contributed by atoms with Crippen molar-refractivity contribution in [3.8, 4) is 0 Å². The highest BCUT2D eigenvalue weighted by molar-refractivity contribution is 7.89. The van der Waals surface area contributed by atoms with Crippen LogP contribution in [-0.4, -0.2) is 33.4 Å². The van der Waals surface area contributed by atoms with Gasteiger partial charge in [0.05, 0.1) is 17.6 Å². The molecule has 0 aromatic heterocycles. The van der Waals surface area contributed by atoms with Crippen LogP contribution in [0.15, 0.2) is 41.3 Å². The summed E-state index contributed by atoms with van der Waals surface area (Å²) in [4.78, 5) is 24.6. The van der Waals surface area contributed by atoms with Crippen LogP contribution < -0.4 is 10.0 Å². The van der Waals surface area contributed by atoms with E-state index in [9.17, 15) is 18.0 Å². The van der Waals surface area contributed by atoms with Gasteiger partial charge < -0.3 is 10.1 Å². The van der Waals surface area contributed by atoms with Gasteiger partial charge in [-0.05, 0) is 69.2 Å². The third-order valence-electron chi connectivity index (χ3n) is 4.13. The lowest BCUT2D eigenvalue weighted by Gasteiger charge is -2.13. The summed E-state index contributed by atoms with van der Waals surface area (Å²) in [5, 5.41) is 2.70. The minimum atomic E-state index is -3.71. The first kappa shape index (κ1) is 21.6. The summed E-state index contributed by atoms with van der Waals surface area (Å²) in [7, 11) is -2.42. The van der Waals surface area contributed by atoms with Gasteiger partial charge in [0, 0.05) is 17.3 Å². The molecule has 0 fully saturated rings. The van der Waals surface area contributed by atoms with Gasteiger partial charge in [-0.25, -0.2) is 17.9 Å². The molecule has 2 N–H and O–H groups in total. The normalized spacial score (nSPS) is 11.4. The quantitative estimate of drug-likeness (QED) is 0.721. The number of carbonyl (C=O) groups excluding carboxylic acids is 2. The second-order valence-corrected chi connectivity index (χ2v) is 8.43. The van der Waals surface area contributed by atoms with E-state index in [-0.39, 0.29) is 16.5 Å². The summed E-state index contributed by atoms with van der Waals surface area (Å²) in [6, 6.07) is 8.76. The molecule has 0 aliphatic carbocycles. The van der Waals surface area contributed by atoms with Crippen molar-refractivity contribution in [1.29, 1.82) is 0 Å². The maximum Gasteiger partial charge on any atom is 0.338 e. The van der Waals surface area contributed by atoms with Crippen LogP contribution in [0.25, 0.3) is 0 Å². The number of ether oxygens (including phenoxy) is 1. The van der Waals surface area contributed by atoms with Gasteiger partial charge in [0.1, 0.15) is 0 Å². The second kappa shape index (κ2) is 8.53. The number of methoxy groups -OCH3 is 1. The number of anilines is 1. The summed E-state index contributed by atoms with van der Waals surface area (Å²) in [6.07, 6.45) is 0. The van der Waals surface area contributed by atoms with Crippen molar-refractivity contribution in [3.63, 3.8) is 0 Å². The van der Waals surface area contributed by atoms with E-state index < -0.39 is 21.9 Å². The average molecular weight is 404 g/mol. The van der Waals surface area contributed by atoms with Crippen molar-refractivity contribution in [2.24, 2.45) is 0 Å². The maximum atomic E-state index is 12.6. The van der Waals surface area contributed by atoms with E-state index >= 15 is 0 Å². The largest absolute Gasteiger partial charge is 0.465 e. The fourth-order valence-electron chi connectivity index (χ4n) is 2.64. The van der Waals surface area contributed by atoms with Crippen LogP contribution in [0.5, 0.6) is 0 Å². The fraction of sp³-hybridized carbons (Fsp3) is 0.300. The second-order valence-electron chi connectivity index (χ2n) is 6.72. The molecule has 150 valence electrons. The van der Waals surface area contributed by atoms with Crippen molar-refractivity contribution < 1.29 is 22.7 Å². The first-order valence-corrected chi connectivity index (χ1v) is 10.2. The number of rotatable bonds is 6. The molecule has 0 aliphatic rings. The van der Waals surface area contributed by atoms with Gasteiger partial charge in [-0.2, -0.15) is 0 Å². The summed E-state index contributed by atoms with van der Waals surface area (Å²) in [5.74, 6) is -0.981. The summed E-state index contributed by atoms with van der Waals surface area (Å²) >= 11 is 0. The number of hydrogen-bond acceptors (Lipinski definition) is 5. The van der Waals surface area contributed by atoms with Crippen LogP contribution in [0.3, 0.4) is 0 Å². The zero-order valence-corrected chi connectivity index (χ0v) is 17.3. The Hall–Kier alpha value is -2.71. The number of hydrogen-bond donors (Lipinski definition) is 2. The van der Waals surface area contributed by atoms with Gasteiger partial charge in [0.25, 0.3) is 5.91 Å². The van der Waals surface area contributed by atoms with Crippen LogP contribution in [0, 0.1) is 13.8 Å². The molecular weight excluding hydrogens is 380 g/mol. The van der Waals surface area contributed by atoms with E-state index in [4.69, 9.17) is 4.74 Å². The number of carbonyl (C=O) groups is 2. The Bertz CT molecular complexity index is 1010. The zero-order chi connectivity index (χ0) is 21.1. The van der Waals surface area contributed by atoms with Gasteiger partial charge in [-0.3, -0.25) is 4.79 Å². The number of esters is 1. The van der Waals surface area contributed by atoms with E-state index in [1.807, 2.05) is 6.92 Å². The molecule has 0 spiro atoms. The highest BCUT2D eigenvalue weighted by atomic mass is 32.2. The maximum absolute atomic E-state index is 12.6. The van der Waals surface area contributed by atoms with Gasteiger partial charge in [-0.1, -0.05) is 6.07 Å². The van der Waals surface area contributed by atoms with E-state index in [1.54, 1.807) is 26.8 Å². The first-order valence-electron chi connectivity index (χ1n) is 8.68. The Balaban J connectivity index is 2.33. The highest BCUT2D eigenvalue weighted by Crippen LogP contribution is 2.22. The van der Waals surface area contributed by atoms with Gasteiger partial charge in [-0.15, -0.1) is 0 Å². The average Bonchev–Trinajstić information content (AvgIpc) is 2.63. The minimum absolute atomic E-state index is 0.00388. The van der Waals surface area contributed by atoms with E-state index in [2.05, 4.69) is 10.0 Å². The molecule has 0 atom stereocenters. The van der Waals surface area contributed by atoms with E-state index in [0.29, 0.717) is 11.3 Å². The Morgan fingerprint density at radius 3 is 2.36 bits per heavy atom. The standard InChI is InChI=1S/C20H24N2O5S/c1-12(2)22-28(25,26)17-8-6-7-15(10-17)19(23)21-16-9-13(3)14(4)18(11-16)20(24)27-5/h6-12,22H,1-5H3,(H,21,23). The molecule has 0 saturated carbocycles. The van der Waals surface area contributed by atoms with Gasteiger partial charge in [0.2, 0.25) is 10.0 Å². The third-order valence-corrected chi connectivity index (χ3v) is 5.78. The molecule has 0 aliphatic heterocycles. The minimum Gasteiger partial charge on any atom is -0.465 e. The van der Waals surface area contributed by atoms with Crippen LogP contribution >= 0.6 is 0 Å². The molecule has 7 nitrogen and oxygen atoms in total. The van der Waals surface area contributed by atoms with E-state index in [1.165, 1.54) is 37.4 Å². The van der Waals surface area contributed by atoms with Crippen molar-refractivity contribution >= 4 is 27.6 Å². The molecule has 2 rings (SSSR count). The van der Waals surface area contributed by atoms with Crippen LogP contribution in [0.2, 0.25) is 0 Å². The summed E-state index contributed by atoms with van der Waals surface area (Å²) in [5.41, 5.74) is 2.54. The van der Waals surface area contributed by atoms with Gasteiger partial charge >= 0.3 is 5.97 Å². The predicted molar refractivity (Wildman–Crippen MR) is 107 cm³/mol. The number of sulfonamides is 1. The number of amides is 1. The lowest BCUT2D eigenvalue weighted by atomic mass is 10.0. The van der Waals surface area contributed by atoms with Crippen molar-refractivity contribution in [2.45, 2.75) is 38.6 Å². The molecular formula is C20H24N2O5S. The number of benzene rings is 2. The first-order chi connectivity index (χ1) is 13.0. The molecule has 0 saturated heterocycles. The number of aryl methyl sites for hydroxylation is 1. The van der Waals surface area contributed by atoms with Crippen LogP contribution in [-0.2, 0) is 14.8 Å². The lowest BCUT2D eigenvalue weighted by molar-refractivity contribution is 0.0599. The zero-order valence-electron chi connectivity index (χ0n) is 16.5. The molecule has 2 aromatic carbocycles. The topological polar surface area (TPSA) is 102 Å². The van der Waals surface area contributed by atoms with Crippen molar-refractivity contribution in [1.82, 2.24) is 4.72 Å². The lowest BCUT2D eigenvalue weighted by Crippen LogP contribution is -2.30.